The van der Waals surface area contributed by atoms with Gasteiger partial charge < -0.3 is 15.8 Å². The zero-order valence-corrected chi connectivity index (χ0v) is 12.0. The molecule has 0 heterocycles. The second-order valence-corrected chi connectivity index (χ2v) is 5.25. The van der Waals surface area contributed by atoms with Gasteiger partial charge in [-0.1, -0.05) is 19.9 Å². The molecule has 3 heteroatoms. The molecule has 0 atom stereocenters. The molecule has 0 radical (unpaired) electrons. The summed E-state index contributed by atoms with van der Waals surface area (Å²) in [7, 11) is 0. The molecule has 0 amide bonds. The topological polar surface area (TPSA) is 47.3 Å². The second-order valence-electron chi connectivity index (χ2n) is 5.25. The molecular weight excluding hydrogens is 224 g/mol. The number of ether oxygens (including phenoxy) is 1. The lowest BCUT2D eigenvalue weighted by atomic mass is 10.1. The van der Waals surface area contributed by atoms with E-state index in [0.29, 0.717) is 6.04 Å². The van der Waals surface area contributed by atoms with Crippen LogP contribution in [0, 0.1) is 0 Å². The summed E-state index contributed by atoms with van der Waals surface area (Å²) in [5.74, 6) is 0.786. The predicted molar refractivity (Wildman–Crippen MR) is 78.1 cm³/mol. The molecule has 1 rings (SSSR count). The summed E-state index contributed by atoms with van der Waals surface area (Å²) in [5.41, 5.74) is 7.99. The van der Waals surface area contributed by atoms with Crippen LogP contribution in [0.15, 0.2) is 18.2 Å². The van der Waals surface area contributed by atoms with Crippen LogP contribution in [-0.2, 0) is 6.42 Å². The van der Waals surface area contributed by atoms with Gasteiger partial charge in [-0.2, -0.15) is 0 Å². The highest BCUT2D eigenvalue weighted by atomic mass is 16.5. The third-order valence-corrected chi connectivity index (χ3v) is 2.63. The van der Waals surface area contributed by atoms with Gasteiger partial charge in [-0.15, -0.1) is 0 Å². The second kappa shape index (κ2) is 7.27. The van der Waals surface area contributed by atoms with Gasteiger partial charge in [0.1, 0.15) is 5.75 Å². The Bertz CT molecular complexity index is 362. The third-order valence-electron chi connectivity index (χ3n) is 2.63. The van der Waals surface area contributed by atoms with Gasteiger partial charge in [-0.3, -0.25) is 0 Å². The molecule has 102 valence electrons. The Hall–Kier alpha value is -1.22. The fraction of sp³-hybridized carbons (Fsp3) is 0.600. The van der Waals surface area contributed by atoms with E-state index in [0.717, 1.165) is 30.8 Å². The molecule has 3 nitrogen and oxygen atoms in total. The monoisotopic (exact) mass is 250 g/mol. The minimum atomic E-state index is 0.161. The van der Waals surface area contributed by atoms with Crippen molar-refractivity contribution in [1.82, 2.24) is 5.32 Å². The fourth-order valence-corrected chi connectivity index (χ4v) is 1.80. The summed E-state index contributed by atoms with van der Waals surface area (Å²) >= 11 is 0. The lowest BCUT2D eigenvalue weighted by Gasteiger charge is -2.13. The summed E-state index contributed by atoms with van der Waals surface area (Å²) in [4.78, 5) is 0. The van der Waals surface area contributed by atoms with E-state index in [9.17, 15) is 0 Å². The van der Waals surface area contributed by atoms with Crippen LogP contribution in [0.1, 0.15) is 39.7 Å². The quantitative estimate of drug-likeness (QED) is 0.577. The molecule has 0 saturated carbocycles. The summed E-state index contributed by atoms with van der Waals surface area (Å²) < 4.78 is 5.62. The van der Waals surface area contributed by atoms with E-state index in [1.165, 1.54) is 5.56 Å². The van der Waals surface area contributed by atoms with Crippen molar-refractivity contribution in [3.8, 4) is 5.75 Å². The first-order valence-corrected chi connectivity index (χ1v) is 6.77. The first-order chi connectivity index (χ1) is 8.49. The number of hydrogen-bond acceptors (Lipinski definition) is 3. The minimum absolute atomic E-state index is 0.161. The average Bonchev–Trinajstić information content (AvgIpc) is 2.27. The Morgan fingerprint density at radius 1 is 1.22 bits per heavy atom. The smallest absolute Gasteiger partial charge is 0.142 e. The van der Waals surface area contributed by atoms with Gasteiger partial charge in [0.25, 0.3) is 0 Å². The molecule has 0 aliphatic rings. The van der Waals surface area contributed by atoms with Gasteiger partial charge in [0.2, 0.25) is 0 Å². The first kappa shape index (κ1) is 14.8. The van der Waals surface area contributed by atoms with E-state index in [1.54, 1.807) is 0 Å². The van der Waals surface area contributed by atoms with Gasteiger partial charge in [-0.05, 0) is 50.9 Å². The summed E-state index contributed by atoms with van der Waals surface area (Å²) in [6, 6.07) is 6.65. The highest BCUT2D eigenvalue weighted by Crippen LogP contribution is 2.24. The van der Waals surface area contributed by atoms with Gasteiger partial charge in [0.05, 0.1) is 11.8 Å². The van der Waals surface area contributed by atoms with Crippen LogP contribution in [0.2, 0.25) is 0 Å². The summed E-state index contributed by atoms with van der Waals surface area (Å²) in [5, 5.41) is 3.41. The first-order valence-electron chi connectivity index (χ1n) is 6.77. The van der Waals surface area contributed by atoms with Crippen molar-refractivity contribution in [3.05, 3.63) is 23.8 Å². The van der Waals surface area contributed by atoms with Crippen LogP contribution in [0.5, 0.6) is 5.75 Å². The lowest BCUT2D eigenvalue weighted by Crippen LogP contribution is -2.23. The Balaban J connectivity index is 2.46. The fourth-order valence-electron chi connectivity index (χ4n) is 1.80. The molecule has 18 heavy (non-hydrogen) atoms. The van der Waals surface area contributed by atoms with Crippen LogP contribution in [0.3, 0.4) is 0 Å². The van der Waals surface area contributed by atoms with Crippen molar-refractivity contribution < 1.29 is 4.74 Å². The lowest BCUT2D eigenvalue weighted by molar-refractivity contribution is 0.244. The maximum Gasteiger partial charge on any atom is 0.142 e. The number of nitrogens with one attached hydrogen (secondary N) is 1. The normalized spacial score (nSPS) is 11.2. The molecule has 0 unspecified atom stereocenters. The standard InChI is InChI=1S/C15H26N2O/c1-11(2)17-9-5-6-13-7-8-15(14(16)10-13)18-12(3)4/h7-8,10-12,17H,5-6,9,16H2,1-4H3. The highest BCUT2D eigenvalue weighted by molar-refractivity contribution is 5.54. The van der Waals surface area contributed by atoms with Gasteiger partial charge in [0, 0.05) is 6.04 Å². The maximum atomic E-state index is 5.98. The minimum Gasteiger partial charge on any atom is -0.489 e. The number of anilines is 1. The molecule has 3 N–H and O–H groups in total. The van der Waals surface area contributed by atoms with Gasteiger partial charge >= 0.3 is 0 Å². The third kappa shape index (κ3) is 5.41. The molecule has 0 aliphatic carbocycles. The van der Waals surface area contributed by atoms with Crippen molar-refractivity contribution in [1.29, 1.82) is 0 Å². The Morgan fingerprint density at radius 2 is 1.94 bits per heavy atom. The zero-order valence-electron chi connectivity index (χ0n) is 12.0. The number of hydrogen-bond donors (Lipinski definition) is 2. The molecule has 0 aromatic heterocycles. The molecule has 1 aromatic rings. The van der Waals surface area contributed by atoms with Gasteiger partial charge in [-0.25, -0.2) is 0 Å². The van der Waals surface area contributed by atoms with Crippen LogP contribution in [-0.4, -0.2) is 18.7 Å². The number of rotatable bonds is 7. The summed E-state index contributed by atoms with van der Waals surface area (Å²) in [6.07, 6.45) is 2.34. The van der Waals surface area contributed by atoms with Crippen molar-refractivity contribution in [2.24, 2.45) is 0 Å². The van der Waals surface area contributed by atoms with Gasteiger partial charge in [0.15, 0.2) is 0 Å². The molecular formula is C15H26N2O. The largest absolute Gasteiger partial charge is 0.489 e. The van der Waals surface area contributed by atoms with E-state index >= 15 is 0 Å². The predicted octanol–water partition coefficient (Wildman–Crippen LogP) is 2.99. The van der Waals surface area contributed by atoms with Crippen LogP contribution >= 0.6 is 0 Å². The van der Waals surface area contributed by atoms with Crippen LogP contribution in [0.25, 0.3) is 0 Å². The number of nitrogen functional groups attached to an aromatic ring is 1. The van der Waals surface area contributed by atoms with Crippen LogP contribution < -0.4 is 15.8 Å². The average molecular weight is 250 g/mol. The number of benzene rings is 1. The molecule has 0 fully saturated rings. The van der Waals surface area contributed by atoms with E-state index in [2.05, 4.69) is 25.2 Å². The maximum absolute atomic E-state index is 5.98. The molecule has 0 saturated heterocycles. The SMILES string of the molecule is CC(C)NCCCc1ccc(OC(C)C)c(N)c1. The Kier molecular flexibility index (Phi) is 5.99. The van der Waals surface area contributed by atoms with E-state index in [4.69, 9.17) is 10.5 Å². The summed E-state index contributed by atoms with van der Waals surface area (Å²) in [6.45, 7) is 9.38. The van der Waals surface area contributed by atoms with Crippen molar-refractivity contribution in [2.45, 2.75) is 52.7 Å². The number of aryl methyl sites for hydroxylation is 1. The van der Waals surface area contributed by atoms with E-state index in [1.807, 2.05) is 26.0 Å². The van der Waals surface area contributed by atoms with E-state index < -0.39 is 0 Å². The van der Waals surface area contributed by atoms with Crippen LogP contribution in [0.4, 0.5) is 5.69 Å². The molecule has 0 bridgehead atoms. The highest BCUT2D eigenvalue weighted by Gasteiger charge is 2.04. The number of nitrogens with two attached hydrogens (primary N) is 1. The Labute approximate surface area is 111 Å². The molecule has 0 spiro atoms. The molecule has 1 aromatic carbocycles. The Morgan fingerprint density at radius 3 is 2.50 bits per heavy atom. The van der Waals surface area contributed by atoms with Crippen molar-refractivity contribution in [2.75, 3.05) is 12.3 Å². The van der Waals surface area contributed by atoms with Crippen molar-refractivity contribution >= 4 is 5.69 Å². The zero-order chi connectivity index (χ0) is 13.5. The van der Waals surface area contributed by atoms with E-state index in [-0.39, 0.29) is 6.10 Å². The van der Waals surface area contributed by atoms with Crippen molar-refractivity contribution in [3.63, 3.8) is 0 Å². The molecule has 0 aliphatic heterocycles.